The number of aliphatic hydroxyl groups is 1. The van der Waals surface area contributed by atoms with E-state index < -0.39 is 23.6 Å². The Labute approximate surface area is 185 Å². The van der Waals surface area contributed by atoms with Gasteiger partial charge in [-0.25, -0.2) is 0 Å². The van der Waals surface area contributed by atoms with Gasteiger partial charge >= 0.3 is 5.97 Å². The molecule has 4 aliphatic rings. The molecule has 3 saturated carbocycles. The number of nitrogens with zero attached hydrogens (tertiary/aromatic N) is 1. The molecule has 0 bridgehead atoms. The maximum atomic E-state index is 13.0. The molecule has 1 N–H and O–H groups in total. The van der Waals surface area contributed by atoms with Crippen molar-refractivity contribution >= 4 is 17.5 Å². The Kier molecular flexibility index (Phi) is 5.60. The fraction of sp³-hybridized carbons (Fsp3) is 0.800. The van der Waals surface area contributed by atoms with E-state index in [1.807, 2.05) is 0 Å². The van der Waals surface area contributed by atoms with Crippen molar-refractivity contribution in [3.05, 3.63) is 11.6 Å². The summed E-state index contributed by atoms with van der Waals surface area (Å²) in [5, 5.41) is 14.0. The lowest BCUT2D eigenvalue weighted by Gasteiger charge is -2.60. The number of rotatable bonds is 4. The maximum Gasteiger partial charge on any atom is 0.303 e. The van der Waals surface area contributed by atoms with Crippen molar-refractivity contribution in [2.75, 3.05) is 13.7 Å². The van der Waals surface area contributed by atoms with Crippen molar-refractivity contribution in [1.29, 1.82) is 0 Å². The fourth-order valence-electron chi connectivity index (χ4n) is 8.24. The largest absolute Gasteiger partial charge is 0.451 e. The molecule has 3 fully saturated rings. The van der Waals surface area contributed by atoms with Crippen LogP contribution in [0.1, 0.15) is 72.6 Å². The number of aliphatic hydroxyl groups excluding tert-OH is 1. The second-order valence-corrected chi connectivity index (χ2v) is 10.8. The quantitative estimate of drug-likeness (QED) is 0.536. The summed E-state index contributed by atoms with van der Waals surface area (Å²) in [6, 6.07) is 0. The van der Waals surface area contributed by atoms with Gasteiger partial charge in [-0.15, -0.1) is 0 Å². The van der Waals surface area contributed by atoms with Crippen LogP contribution in [-0.2, 0) is 19.2 Å². The lowest BCUT2D eigenvalue weighted by molar-refractivity contribution is -0.190. The van der Waals surface area contributed by atoms with Crippen LogP contribution in [0.4, 0.5) is 0 Å². The summed E-state index contributed by atoms with van der Waals surface area (Å²) in [5.74, 6) is 1.02. The highest BCUT2D eigenvalue weighted by Gasteiger charge is 2.68. The number of hydrogen-bond acceptors (Lipinski definition) is 6. The Hall–Kier alpha value is -1.69. The third-order valence-corrected chi connectivity index (χ3v) is 9.53. The maximum absolute atomic E-state index is 13.0. The molecule has 0 aliphatic heterocycles. The second kappa shape index (κ2) is 7.72. The van der Waals surface area contributed by atoms with Crippen LogP contribution in [0.15, 0.2) is 16.8 Å². The average Bonchev–Trinajstić information content (AvgIpc) is 3.01. The molecule has 172 valence electrons. The molecule has 6 nitrogen and oxygen atoms in total. The van der Waals surface area contributed by atoms with E-state index in [9.17, 15) is 14.7 Å². The van der Waals surface area contributed by atoms with E-state index in [1.54, 1.807) is 7.11 Å². The predicted molar refractivity (Wildman–Crippen MR) is 117 cm³/mol. The molecule has 4 aliphatic carbocycles. The monoisotopic (exact) mass is 431 g/mol. The number of fused-ring (bicyclic) bond motifs is 5. The van der Waals surface area contributed by atoms with Gasteiger partial charge in [0.15, 0.2) is 5.60 Å². The summed E-state index contributed by atoms with van der Waals surface area (Å²) >= 11 is 0. The molecule has 0 aromatic heterocycles. The molecular weight excluding hydrogens is 394 g/mol. The average molecular weight is 432 g/mol. The Morgan fingerprint density at radius 3 is 2.55 bits per heavy atom. The van der Waals surface area contributed by atoms with Gasteiger partial charge in [0, 0.05) is 12.3 Å². The van der Waals surface area contributed by atoms with Crippen molar-refractivity contribution in [2.24, 2.45) is 39.7 Å². The van der Waals surface area contributed by atoms with E-state index in [1.165, 1.54) is 12.5 Å². The number of Topliss-reactive ketones (excluding diaryl/α,β-unsaturated/α-hetero) is 1. The van der Waals surface area contributed by atoms with Crippen LogP contribution in [0, 0.1) is 34.5 Å². The summed E-state index contributed by atoms with van der Waals surface area (Å²) in [7, 11) is 1.60. The van der Waals surface area contributed by atoms with Gasteiger partial charge in [0.1, 0.15) is 13.7 Å². The zero-order valence-electron chi connectivity index (χ0n) is 19.6. The van der Waals surface area contributed by atoms with Crippen LogP contribution >= 0.6 is 0 Å². The van der Waals surface area contributed by atoms with Gasteiger partial charge in [0.25, 0.3) is 0 Å². The van der Waals surface area contributed by atoms with Crippen LogP contribution in [0.3, 0.4) is 0 Å². The van der Waals surface area contributed by atoms with Gasteiger partial charge < -0.3 is 14.7 Å². The van der Waals surface area contributed by atoms with Gasteiger partial charge in [-0.2, -0.15) is 0 Å². The predicted octanol–water partition coefficient (Wildman–Crippen LogP) is 4.06. The Morgan fingerprint density at radius 2 is 1.90 bits per heavy atom. The van der Waals surface area contributed by atoms with Gasteiger partial charge in [-0.3, -0.25) is 9.59 Å². The Bertz CT molecular complexity index is 834. The molecular formula is C25H37NO5. The smallest absolute Gasteiger partial charge is 0.303 e. The summed E-state index contributed by atoms with van der Waals surface area (Å²) in [4.78, 5) is 30.0. The number of hydrogen-bond donors (Lipinski definition) is 1. The molecule has 4 rings (SSSR count). The van der Waals surface area contributed by atoms with Crippen LogP contribution < -0.4 is 0 Å². The van der Waals surface area contributed by atoms with Crippen LogP contribution in [-0.4, -0.2) is 41.9 Å². The molecule has 7 atom stereocenters. The van der Waals surface area contributed by atoms with Gasteiger partial charge in [0.05, 0.1) is 5.71 Å². The first kappa shape index (κ1) is 22.5. The number of ketones is 1. The summed E-state index contributed by atoms with van der Waals surface area (Å²) in [5.41, 5.74) is 1.05. The third-order valence-electron chi connectivity index (χ3n) is 9.53. The first-order valence-electron chi connectivity index (χ1n) is 11.8. The van der Waals surface area contributed by atoms with E-state index in [0.29, 0.717) is 30.1 Å². The van der Waals surface area contributed by atoms with Crippen molar-refractivity contribution in [1.82, 2.24) is 0 Å². The van der Waals surface area contributed by atoms with E-state index in [0.717, 1.165) is 44.2 Å². The minimum atomic E-state index is -1.19. The molecule has 0 radical (unpaired) electrons. The highest BCUT2D eigenvalue weighted by Crippen LogP contribution is 2.69. The van der Waals surface area contributed by atoms with Crippen LogP contribution in [0.25, 0.3) is 0 Å². The highest BCUT2D eigenvalue weighted by atomic mass is 16.6. The molecule has 0 aromatic rings. The first-order valence-corrected chi connectivity index (χ1v) is 11.8. The number of ether oxygens (including phenoxy) is 1. The molecule has 0 aromatic carbocycles. The first-order chi connectivity index (χ1) is 14.6. The summed E-state index contributed by atoms with van der Waals surface area (Å²) < 4.78 is 5.81. The van der Waals surface area contributed by atoms with Gasteiger partial charge in [-0.1, -0.05) is 31.5 Å². The van der Waals surface area contributed by atoms with Gasteiger partial charge in [-0.05, 0) is 80.1 Å². The molecule has 31 heavy (non-hydrogen) atoms. The zero-order chi connectivity index (χ0) is 22.6. The number of oxime groups is 1. The normalized spacial score (nSPS) is 45.2. The standard InChI is InChI=1S/C25H37NO5/c1-15-12-18-19(23(3)9-6-17(26-30-5)13-21(15)23)7-10-24(4)20(18)8-11-25(24,22(29)14-27)31-16(2)28/h13,15,18-20,27H,6-12,14H2,1-5H3/b26-17-/t15-,18-,19+,20+,23-,24+,25+/m1/s1. The molecule has 0 unspecified atom stereocenters. The Balaban J connectivity index is 1.71. The molecule has 0 amide bonds. The van der Waals surface area contributed by atoms with Gasteiger partial charge in [0.2, 0.25) is 5.78 Å². The summed E-state index contributed by atoms with van der Waals surface area (Å²) in [6.07, 6.45) is 8.59. The summed E-state index contributed by atoms with van der Waals surface area (Å²) in [6.45, 7) is 7.67. The van der Waals surface area contributed by atoms with E-state index in [4.69, 9.17) is 9.57 Å². The van der Waals surface area contributed by atoms with Crippen LogP contribution in [0.2, 0.25) is 0 Å². The van der Waals surface area contributed by atoms with E-state index in [2.05, 4.69) is 32.0 Å². The molecule has 0 saturated heterocycles. The number of allylic oxidation sites excluding steroid dienone is 2. The third kappa shape index (κ3) is 3.12. The van der Waals surface area contributed by atoms with Crippen molar-refractivity contribution < 1.29 is 24.3 Å². The van der Waals surface area contributed by atoms with E-state index >= 15 is 0 Å². The fourth-order valence-corrected chi connectivity index (χ4v) is 8.24. The second-order valence-electron chi connectivity index (χ2n) is 10.8. The topological polar surface area (TPSA) is 85.2 Å². The highest BCUT2D eigenvalue weighted by molar-refractivity contribution is 5.96. The van der Waals surface area contributed by atoms with E-state index in [-0.39, 0.29) is 11.2 Å². The SMILES string of the molecule is CO/N=C1\C=C2[C@H](C)C[C@@H]3[C@H](CC[C@@]4(C)[C@H]3CC[C@]4(OC(C)=O)C(=O)CO)[C@@]2(C)CC1. The van der Waals surface area contributed by atoms with Crippen molar-refractivity contribution in [3.8, 4) is 0 Å². The lowest BCUT2D eigenvalue weighted by atomic mass is 9.44. The minimum Gasteiger partial charge on any atom is -0.451 e. The van der Waals surface area contributed by atoms with Crippen molar-refractivity contribution in [3.63, 3.8) is 0 Å². The molecule has 0 spiro atoms. The molecule has 0 heterocycles. The number of carbonyl (C=O) groups excluding carboxylic acids is 2. The van der Waals surface area contributed by atoms with Crippen molar-refractivity contribution in [2.45, 2.75) is 78.2 Å². The number of carbonyl (C=O) groups is 2. The molecule has 6 heteroatoms. The number of esters is 1. The Morgan fingerprint density at radius 1 is 1.19 bits per heavy atom. The minimum absolute atomic E-state index is 0.129. The van der Waals surface area contributed by atoms with Crippen LogP contribution in [0.5, 0.6) is 0 Å². The lowest BCUT2D eigenvalue weighted by Crippen LogP contribution is -2.60. The zero-order valence-corrected chi connectivity index (χ0v) is 19.6.